The first-order chi connectivity index (χ1) is 16.2. The number of nitrogen functional groups attached to an aromatic ring is 1. The van der Waals surface area contributed by atoms with E-state index in [1.165, 1.54) is 29.6 Å². The van der Waals surface area contributed by atoms with Gasteiger partial charge in [0.15, 0.2) is 0 Å². The number of nitrogens with zero attached hydrogens (tertiary/aromatic N) is 5. The number of alkyl halides is 3. The molecule has 0 saturated carbocycles. The maximum absolute atomic E-state index is 15.1. The number of nitrogens with two attached hydrogens (primary N) is 1. The summed E-state index contributed by atoms with van der Waals surface area (Å²) in [7, 11) is 0. The van der Waals surface area contributed by atoms with E-state index in [-0.39, 0.29) is 42.2 Å². The molecule has 3 aromatic heterocycles. The van der Waals surface area contributed by atoms with Gasteiger partial charge in [-0.25, -0.2) is 19.3 Å². The number of hydrogen-bond donors (Lipinski definition) is 1. The summed E-state index contributed by atoms with van der Waals surface area (Å²) < 4.78 is 61.8. The van der Waals surface area contributed by atoms with Crippen LogP contribution in [0.15, 0.2) is 36.8 Å². The number of benzene rings is 1. The van der Waals surface area contributed by atoms with Gasteiger partial charge in [-0.3, -0.25) is 9.20 Å². The summed E-state index contributed by atoms with van der Waals surface area (Å²) in [5, 5.41) is 0. The van der Waals surface area contributed by atoms with Crippen LogP contribution >= 0.6 is 0 Å². The molecule has 0 spiro atoms. The van der Waals surface area contributed by atoms with Crippen molar-refractivity contribution in [2.45, 2.75) is 24.7 Å². The van der Waals surface area contributed by atoms with E-state index in [4.69, 9.17) is 10.5 Å². The first kappa shape index (κ1) is 20.8. The zero-order valence-electron chi connectivity index (χ0n) is 17.4. The van der Waals surface area contributed by atoms with Crippen molar-refractivity contribution in [3.05, 3.63) is 65.1 Å². The molecule has 1 amide bonds. The predicted octanol–water partition coefficient (Wildman–Crippen LogP) is 3.16. The molecule has 0 radical (unpaired) electrons. The second-order valence-electron chi connectivity index (χ2n) is 8.25. The summed E-state index contributed by atoms with van der Waals surface area (Å²) in [4.78, 5) is 27.0. The highest BCUT2D eigenvalue weighted by Crippen LogP contribution is 2.41. The number of imidazole rings is 1. The Morgan fingerprint density at radius 2 is 2.00 bits per heavy atom. The molecular formula is C22H16F4N6O2. The van der Waals surface area contributed by atoms with Gasteiger partial charge in [0.25, 0.3) is 5.91 Å². The van der Waals surface area contributed by atoms with Crippen molar-refractivity contribution in [2.75, 3.05) is 18.9 Å². The van der Waals surface area contributed by atoms with Gasteiger partial charge >= 0.3 is 6.18 Å². The van der Waals surface area contributed by atoms with Gasteiger partial charge in [0.2, 0.25) is 0 Å². The molecule has 2 atom stereocenters. The van der Waals surface area contributed by atoms with Crippen LogP contribution < -0.4 is 5.73 Å². The molecule has 1 aliphatic carbocycles. The number of halogens is 4. The molecule has 8 nitrogen and oxygen atoms in total. The van der Waals surface area contributed by atoms with E-state index in [1.807, 2.05) is 0 Å². The van der Waals surface area contributed by atoms with E-state index < -0.39 is 35.7 Å². The van der Waals surface area contributed by atoms with Gasteiger partial charge in [0.1, 0.15) is 22.8 Å². The molecule has 0 bridgehead atoms. The van der Waals surface area contributed by atoms with Crippen molar-refractivity contribution in [3.63, 3.8) is 0 Å². The van der Waals surface area contributed by atoms with Crippen LogP contribution in [0, 0.1) is 5.82 Å². The van der Waals surface area contributed by atoms with E-state index in [9.17, 15) is 18.0 Å². The molecule has 1 aromatic carbocycles. The maximum atomic E-state index is 15.1. The third-order valence-electron chi connectivity index (χ3n) is 6.32. The van der Waals surface area contributed by atoms with Crippen LogP contribution in [0.4, 0.5) is 23.4 Å². The largest absolute Gasteiger partial charge is 0.433 e. The molecule has 4 aromatic rings. The summed E-state index contributed by atoms with van der Waals surface area (Å²) in [6.45, 7) is 0.324. The van der Waals surface area contributed by atoms with Crippen molar-refractivity contribution in [1.29, 1.82) is 0 Å². The Labute approximate surface area is 189 Å². The lowest BCUT2D eigenvalue weighted by Crippen LogP contribution is -2.46. The van der Waals surface area contributed by atoms with E-state index >= 15 is 4.39 Å². The minimum atomic E-state index is -4.58. The van der Waals surface area contributed by atoms with Crippen LogP contribution in [-0.4, -0.2) is 49.4 Å². The number of pyridine rings is 1. The number of anilines is 1. The Bertz CT molecular complexity index is 1480. The van der Waals surface area contributed by atoms with Gasteiger partial charge in [0.05, 0.1) is 47.9 Å². The fourth-order valence-electron chi connectivity index (χ4n) is 4.81. The third kappa shape index (κ3) is 3.01. The minimum Gasteiger partial charge on any atom is -0.382 e. The molecule has 2 N–H and O–H groups in total. The van der Waals surface area contributed by atoms with E-state index in [0.717, 1.165) is 12.1 Å². The Kier molecular flexibility index (Phi) is 4.34. The van der Waals surface area contributed by atoms with Gasteiger partial charge in [-0.15, -0.1) is 0 Å². The average molecular weight is 472 g/mol. The highest BCUT2D eigenvalue weighted by molar-refractivity contribution is 5.99. The zero-order valence-corrected chi connectivity index (χ0v) is 17.4. The third-order valence-corrected chi connectivity index (χ3v) is 6.32. The van der Waals surface area contributed by atoms with Crippen molar-refractivity contribution < 1.29 is 27.1 Å². The number of carbonyl (C=O) groups excluding carboxylic acids is 1. The molecule has 12 heteroatoms. The first-order valence-electron chi connectivity index (χ1n) is 10.4. The minimum absolute atomic E-state index is 0.132. The van der Waals surface area contributed by atoms with E-state index in [0.29, 0.717) is 16.6 Å². The lowest BCUT2D eigenvalue weighted by molar-refractivity contribution is -0.141. The van der Waals surface area contributed by atoms with Gasteiger partial charge in [0, 0.05) is 24.7 Å². The van der Waals surface area contributed by atoms with Crippen LogP contribution in [0.5, 0.6) is 0 Å². The van der Waals surface area contributed by atoms with Gasteiger partial charge in [-0.05, 0) is 17.7 Å². The number of hydrogen-bond acceptors (Lipinski definition) is 6. The summed E-state index contributed by atoms with van der Waals surface area (Å²) in [6.07, 6.45) is -2.01. The number of carbonyl (C=O) groups is 1. The van der Waals surface area contributed by atoms with Crippen LogP contribution in [0.1, 0.15) is 33.4 Å². The standard InChI is InChI=1S/C22H16F4N6O2/c23-12-6-14-15(32-9-28-8-16(32)20(27)30-14)5-11(12)21(33)31-3-4-34-17-7-13-10(19(17)31)1-2-18(29-13)22(24,25)26/h1-2,5-6,8-9,17,19H,3-4,7H2,(H2,27,30). The first-order valence-corrected chi connectivity index (χ1v) is 10.4. The number of aromatic nitrogens is 4. The number of ether oxygens (including phenoxy) is 1. The molecule has 1 saturated heterocycles. The zero-order chi connectivity index (χ0) is 23.8. The normalized spacial score (nSPS) is 20.1. The van der Waals surface area contributed by atoms with Crippen LogP contribution in [0.25, 0.3) is 16.6 Å². The Morgan fingerprint density at radius 3 is 2.79 bits per heavy atom. The Morgan fingerprint density at radius 1 is 1.18 bits per heavy atom. The monoisotopic (exact) mass is 472 g/mol. The predicted molar refractivity (Wildman–Crippen MR) is 111 cm³/mol. The highest BCUT2D eigenvalue weighted by atomic mass is 19.4. The van der Waals surface area contributed by atoms with Crippen molar-refractivity contribution >= 4 is 28.3 Å². The molecular weight excluding hydrogens is 456 g/mol. The molecule has 2 unspecified atom stereocenters. The van der Waals surface area contributed by atoms with Crippen LogP contribution in [-0.2, 0) is 17.3 Å². The smallest absolute Gasteiger partial charge is 0.382 e. The quantitative estimate of drug-likeness (QED) is 0.428. The van der Waals surface area contributed by atoms with Crippen molar-refractivity contribution in [1.82, 2.24) is 24.3 Å². The van der Waals surface area contributed by atoms with E-state index in [2.05, 4.69) is 15.0 Å². The maximum Gasteiger partial charge on any atom is 0.433 e. The molecule has 6 rings (SSSR count). The SMILES string of the molecule is Nc1nc2cc(F)c(C(=O)N3CCOC4Cc5nc(C(F)(F)F)ccc5C43)cc2n2cncc12. The molecule has 4 heterocycles. The fraction of sp³-hybridized carbons (Fsp3) is 0.273. The van der Waals surface area contributed by atoms with Gasteiger partial charge < -0.3 is 15.4 Å². The molecule has 1 aliphatic heterocycles. The average Bonchev–Trinajstić information content (AvgIpc) is 3.42. The Balaban J connectivity index is 1.43. The summed E-state index contributed by atoms with van der Waals surface area (Å²) >= 11 is 0. The summed E-state index contributed by atoms with van der Waals surface area (Å²) in [5.74, 6) is -1.21. The van der Waals surface area contributed by atoms with Gasteiger partial charge in [-0.2, -0.15) is 13.2 Å². The molecule has 174 valence electrons. The Hall–Kier alpha value is -3.80. The molecule has 2 aliphatic rings. The van der Waals surface area contributed by atoms with Gasteiger partial charge in [-0.1, -0.05) is 6.07 Å². The number of morpholine rings is 1. The lowest BCUT2D eigenvalue weighted by atomic mass is 10.0. The summed E-state index contributed by atoms with van der Waals surface area (Å²) in [5.41, 5.74) is 6.63. The second-order valence-corrected chi connectivity index (χ2v) is 8.25. The number of fused-ring (bicyclic) bond motifs is 6. The highest BCUT2D eigenvalue weighted by Gasteiger charge is 2.45. The number of amides is 1. The molecule has 1 fully saturated rings. The fourth-order valence-corrected chi connectivity index (χ4v) is 4.81. The summed E-state index contributed by atoms with van der Waals surface area (Å²) in [6, 6.07) is 4.07. The van der Waals surface area contributed by atoms with Crippen LogP contribution in [0.3, 0.4) is 0 Å². The van der Waals surface area contributed by atoms with Crippen LogP contribution in [0.2, 0.25) is 0 Å². The lowest BCUT2D eigenvalue weighted by Gasteiger charge is -2.38. The molecule has 34 heavy (non-hydrogen) atoms. The number of rotatable bonds is 1. The second kappa shape index (κ2) is 7.10. The van der Waals surface area contributed by atoms with E-state index in [1.54, 1.807) is 4.40 Å². The van der Waals surface area contributed by atoms with Crippen molar-refractivity contribution in [2.24, 2.45) is 0 Å². The van der Waals surface area contributed by atoms with Crippen molar-refractivity contribution in [3.8, 4) is 0 Å². The topological polar surface area (TPSA) is 98.6 Å².